The van der Waals surface area contributed by atoms with Crippen LogP contribution < -0.4 is 14.8 Å². The highest BCUT2D eigenvalue weighted by atomic mass is 32.2. The summed E-state index contributed by atoms with van der Waals surface area (Å²) in [7, 11) is 1.58. The van der Waals surface area contributed by atoms with Crippen LogP contribution in [0.1, 0.15) is 12.5 Å². The lowest BCUT2D eigenvalue weighted by Gasteiger charge is -2.11. The van der Waals surface area contributed by atoms with Crippen molar-refractivity contribution < 1.29 is 18.7 Å². The monoisotopic (exact) mass is 461 g/mol. The number of ether oxygens (including phenoxy) is 2. The molecular weight excluding hydrogens is 438 g/mol. The fraction of sp³-hybridized carbons (Fsp3) is 0.160. The van der Waals surface area contributed by atoms with Gasteiger partial charge in [0.1, 0.15) is 18.1 Å². The lowest BCUT2D eigenvalue weighted by molar-refractivity contribution is -0.115. The van der Waals surface area contributed by atoms with Gasteiger partial charge in [-0.25, -0.2) is 0 Å². The Kier molecular flexibility index (Phi) is 7.26. The average molecular weight is 462 g/mol. The van der Waals surface area contributed by atoms with Gasteiger partial charge in [-0.15, -0.1) is 10.2 Å². The zero-order chi connectivity index (χ0) is 23.0. The van der Waals surface area contributed by atoms with Gasteiger partial charge in [0.2, 0.25) is 5.91 Å². The zero-order valence-corrected chi connectivity index (χ0v) is 19.0. The van der Waals surface area contributed by atoms with Crippen LogP contribution in [0.4, 0.5) is 5.69 Å². The molecule has 1 amide bonds. The summed E-state index contributed by atoms with van der Waals surface area (Å²) < 4.78 is 16.8. The number of nitrogens with zero attached hydrogens (tertiary/aromatic N) is 2. The van der Waals surface area contributed by atoms with Gasteiger partial charge in [0.25, 0.3) is 11.1 Å². The summed E-state index contributed by atoms with van der Waals surface area (Å²) >= 11 is 1.19. The van der Waals surface area contributed by atoms with Gasteiger partial charge in [0.05, 0.1) is 17.9 Å². The largest absolute Gasteiger partial charge is 0.496 e. The summed E-state index contributed by atoms with van der Waals surface area (Å²) in [6, 6.07) is 24.6. The third-order valence-corrected chi connectivity index (χ3v) is 5.70. The fourth-order valence-corrected chi connectivity index (χ4v) is 3.70. The van der Waals surface area contributed by atoms with Crippen molar-refractivity contribution in [3.63, 3.8) is 0 Å². The predicted octanol–water partition coefficient (Wildman–Crippen LogP) is 5.44. The standard InChI is InChI=1S/C25H23N3O4S/c1-17(33-25-28-27-24(32-25)21-10-6-7-11-22(21)30-2)23(29)26-19-12-14-20(15-13-19)31-16-18-8-4-3-5-9-18/h3-15,17H,16H2,1-2H3,(H,26,29). The predicted molar refractivity (Wildman–Crippen MR) is 127 cm³/mol. The van der Waals surface area contributed by atoms with Crippen LogP contribution in [-0.4, -0.2) is 28.5 Å². The molecule has 0 saturated heterocycles. The number of para-hydroxylation sites is 1. The average Bonchev–Trinajstić information content (AvgIpc) is 3.32. The van der Waals surface area contributed by atoms with Crippen molar-refractivity contribution in [1.29, 1.82) is 0 Å². The van der Waals surface area contributed by atoms with Crippen LogP contribution in [0.15, 0.2) is 88.5 Å². The molecule has 1 N–H and O–H groups in total. The number of hydrogen-bond donors (Lipinski definition) is 1. The van der Waals surface area contributed by atoms with E-state index in [9.17, 15) is 4.79 Å². The van der Waals surface area contributed by atoms with Gasteiger partial charge >= 0.3 is 0 Å². The van der Waals surface area contributed by atoms with E-state index < -0.39 is 5.25 Å². The van der Waals surface area contributed by atoms with E-state index in [-0.39, 0.29) is 5.91 Å². The van der Waals surface area contributed by atoms with Gasteiger partial charge in [-0.05, 0) is 48.9 Å². The van der Waals surface area contributed by atoms with Crippen LogP contribution in [0.2, 0.25) is 0 Å². The number of carbonyl (C=O) groups excluding carboxylic acids is 1. The van der Waals surface area contributed by atoms with E-state index in [1.54, 1.807) is 14.0 Å². The molecule has 0 aliphatic rings. The summed E-state index contributed by atoms with van der Waals surface area (Å²) in [4.78, 5) is 12.6. The molecule has 0 spiro atoms. The maximum absolute atomic E-state index is 12.6. The molecular formula is C25H23N3O4S. The topological polar surface area (TPSA) is 86.5 Å². The van der Waals surface area contributed by atoms with Gasteiger partial charge in [-0.2, -0.15) is 0 Å². The van der Waals surface area contributed by atoms with E-state index in [1.807, 2.05) is 78.9 Å². The van der Waals surface area contributed by atoms with Crippen molar-refractivity contribution in [1.82, 2.24) is 10.2 Å². The molecule has 4 aromatic rings. The van der Waals surface area contributed by atoms with Crippen LogP contribution in [0.5, 0.6) is 11.5 Å². The number of methoxy groups -OCH3 is 1. The number of anilines is 1. The maximum Gasteiger partial charge on any atom is 0.277 e. The summed E-state index contributed by atoms with van der Waals surface area (Å²) in [5.41, 5.74) is 2.47. The Labute approximate surface area is 196 Å². The molecule has 0 aliphatic carbocycles. The molecule has 0 bridgehead atoms. The van der Waals surface area contributed by atoms with Crippen LogP contribution in [0.25, 0.3) is 11.5 Å². The Bertz CT molecular complexity index is 1200. The molecule has 7 nitrogen and oxygen atoms in total. The summed E-state index contributed by atoms with van der Waals surface area (Å²) in [5, 5.41) is 10.9. The third kappa shape index (κ3) is 5.93. The van der Waals surface area contributed by atoms with Gasteiger partial charge in [-0.3, -0.25) is 4.79 Å². The van der Waals surface area contributed by atoms with Crippen molar-refractivity contribution in [2.45, 2.75) is 24.0 Å². The summed E-state index contributed by atoms with van der Waals surface area (Å²) in [6.45, 7) is 2.27. The fourth-order valence-electron chi connectivity index (χ4n) is 3.01. The molecule has 0 fully saturated rings. The lowest BCUT2D eigenvalue weighted by Crippen LogP contribution is -2.22. The first-order valence-electron chi connectivity index (χ1n) is 10.3. The van der Waals surface area contributed by atoms with E-state index in [0.29, 0.717) is 34.7 Å². The van der Waals surface area contributed by atoms with Gasteiger partial charge in [0.15, 0.2) is 0 Å². The Hall–Kier alpha value is -3.78. The minimum atomic E-state index is -0.440. The molecule has 1 atom stereocenters. The highest BCUT2D eigenvalue weighted by Gasteiger charge is 2.20. The molecule has 168 valence electrons. The molecule has 0 radical (unpaired) electrons. The second kappa shape index (κ2) is 10.7. The first kappa shape index (κ1) is 22.4. The SMILES string of the molecule is COc1ccccc1-c1nnc(SC(C)C(=O)Nc2ccc(OCc3ccccc3)cc2)o1. The maximum atomic E-state index is 12.6. The van der Waals surface area contributed by atoms with Crippen LogP contribution in [0.3, 0.4) is 0 Å². The van der Waals surface area contributed by atoms with Crippen molar-refractivity contribution in [3.8, 4) is 23.0 Å². The molecule has 33 heavy (non-hydrogen) atoms. The zero-order valence-electron chi connectivity index (χ0n) is 18.2. The highest BCUT2D eigenvalue weighted by Crippen LogP contribution is 2.31. The Morgan fingerprint density at radius 1 is 1.00 bits per heavy atom. The molecule has 8 heteroatoms. The third-order valence-electron chi connectivity index (χ3n) is 4.76. The van der Waals surface area contributed by atoms with Gasteiger partial charge in [-0.1, -0.05) is 54.2 Å². The Balaban J connectivity index is 1.31. The normalized spacial score (nSPS) is 11.6. The summed E-state index contributed by atoms with van der Waals surface area (Å²) in [5.74, 6) is 1.54. The Morgan fingerprint density at radius 3 is 2.48 bits per heavy atom. The van der Waals surface area contributed by atoms with Crippen molar-refractivity contribution in [2.75, 3.05) is 12.4 Å². The number of benzene rings is 3. The van der Waals surface area contributed by atoms with E-state index >= 15 is 0 Å². The number of nitrogens with one attached hydrogen (secondary N) is 1. The molecule has 1 unspecified atom stereocenters. The first-order valence-corrected chi connectivity index (χ1v) is 11.2. The number of rotatable bonds is 9. The first-order chi connectivity index (χ1) is 16.1. The molecule has 1 aromatic heterocycles. The number of aromatic nitrogens is 2. The Morgan fingerprint density at radius 2 is 1.73 bits per heavy atom. The van der Waals surface area contributed by atoms with Gasteiger partial charge < -0.3 is 19.2 Å². The van der Waals surface area contributed by atoms with Crippen molar-refractivity contribution in [3.05, 3.63) is 84.4 Å². The molecule has 1 heterocycles. The molecule has 0 saturated carbocycles. The molecule has 0 aliphatic heterocycles. The summed E-state index contributed by atoms with van der Waals surface area (Å²) in [6.07, 6.45) is 0. The van der Waals surface area contributed by atoms with E-state index in [4.69, 9.17) is 13.9 Å². The van der Waals surface area contributed by atoms with Crippen molar-refractivity contribution >= 4 is 23.4 Å². The van der Waals surface area contributed by atoms with E-state index in [0.717, 1.165) is 11.3 Å². The minimum absolute atomic E-state index is 0.171. The smallest absolute Gasteiger partial charge is 0.277 e. The number of carbonyl (C=O) groups is 1. The molecule has 3 aromatic carbocycles. The van der Waals surface area contributed by atoms with Crippen LogP contribution >= 0.6 is 11.8 Å². The highest BCUT2D eigenvalue weighted by molar-refractivity contribution is 8.00. The van der Waals surface area contributed by atoms with Crippen LogP contribution in [0, 0.1) is 0 Å². The second-order valence-electron chi connectivity index (χ2n) is 7.12. The lowest BCUT2D eigenvalue weighted by atomic mass is 10.2. The van der Waals surface area contributed by atoms with Crippen molar-refractivity contribution in [2.24, 2.45) is 0 Å². The number of thioether (sulfide) groups is 1. The quantitative estimate of drug-likeness (QED) is 0.332. The van der Waals surface area contributed by atoms with Gasteiger partial charge in [0, 0.05) is 5.69 Å². The second-order valence-corrected chi connectivity index (χ2v) is 8.41. The minimum Gasteiger partial charge on any atom is -0.496 e. The van der Waals surface area contributed by atoms with E-state index in [2.05, 4.69) is 15.5 Å². The molecule has 4 rings (SSSR count). The number of hydrogen-bond acceptors (Lipinski definition) is 7. The van der Waals surface area contributed by atoms with Crippen LogP contribution in [-0.2, 0) is 11.4 Å². The number of amides is 1. The van der Waals surface area contributed by atoms with E-state index in [1.165, 1.54) is 11.8 Å².